The Hall–Kier alpha value is -2.15. The van der Waals surface area contributed by atoms with Gasteiger partial charge >= 0.3 is 5.97 Å². The van der Waals surface area contributed by atoms with Gasteiger partial charge in [0.15, 0.2) is 9.84 Å². The molecule has 1 atom stereocenters. The van der Waals surface area contributed by atoms with Gasteiger partial charge < -0.3 is 10.4 Å². The van der Waals surface area contributed by atoms with Crippen molar-refractivity contribution in [3.05, 3.63) is 42.0 Å². The molecule has 0 aliphatic carbocycles. The molecule has 1 amide bonds. The molecule has 6 nitrogen and oxygen atoms in total. The quantitative estimate of drug-likeness (QED) is 0.741. The van der Waals surface area contributed by atoms with E-state index in [9.17, 15) is 18.0 Å². The van der Waals surface area contributed by atoms with Crippen molar-refractivity contribution in [2.24, 2.45) is 0 Å². The van der Waals surface area contributed by atoms with Crippen LogP contribution in [0.2, 0.25) is 0 Å². The predicted octanol–water partition coefficient (Wildman–Crippen LogP) is 1.55. The van der Waals surface area contributed by atoms with Crippen molar-refractivity contribution >= 4 is 21.7 Å². The van der Waals surface area contributed by atoms with Crippen LogP contribution in [-0.4, -0.2) is 37.7 Å². The van der Waals surface area contributed by atoms with E-state index in [4.69, 9.17) is 5.11 Å². The van der Waals surface area contributed by atoms with Crippen LogP contribution >= 0.6 is 0 Å². The second kappa shape index (κ2) is 7.22. The van der Waals surface area contributed by atoms with E-state index < -0.39 is 27.8 Å². The highest BCUT2D eigenvalue weighted by atomic mass is 32.2. The summed E-state index contributed by atoms with van der Waals surface area (Å²) in [5, 5.41) is 11.5. The van der Waals surface area contributed by atoms with Crippen LogP contribution in [0.5, 0.6) is 0 Å². The molecule has 0 saturated carbocycles. The minimum absolute atomic E-state index is 0.0150. The summed E-state index contributed by atoms with van der Waals surface area (Å²) in [4.78, 5) is 23.4. The molecule has 0 spiro atoms. The van der Waals surface area contributed by atoms with Crippen LogP contribution in [0, 0.1) is 6.92 Å². The molecule has 0 aliphatic rings. The van der Waals surface area contributed by atoms with E-state index in [1.807, 2.05) is 0 Å². The zero-order chi connectivity index (χ0) is 16.9. The van der Waals surface area contributed by atoms with Gasteiger partial charge in [-0.05, 0) is 37.5 Å². The smallest absolute Gasteiger partial charge is 0.326 e. The van der Waals surface area contributed by atoms with E-state index in [2.05, 4.69) is 11.9 Å². The fourth-order valence-electron chi connectivity index (χ4n) is 1.85. The topological polar surface area (TPSA) is 101 Å². The summed E-state index contributed by atoms with van der Waals surface area (Å²) in [5.41, 5.74) is 0.713. The summed E-state index contributed by atoms with van der Waals surface area (Å²) in [7, 11) is -3.44. The molecule has 0 radical (unpaired) electrons. The molecule has 120 valence electrons. The Bertz CT molecular complexity index is 694. The average Bonchev–Trinajstić information content (AvgIpc) is 2.42. The number of nitrogens with one attached hydrogen (secondary N) is 1. The molecule has 1 aromatic rings. The Labute approximate surface area is 129 Å². The van der Waals surface area contributed by atoms with Crippen molar-refractivity contribution < 1.29 is 23.1 Å². The third-order valence-electron chi connectivity index (χ3n) is 3.14. The number of benzene rings is 1. The SMILES string of the molecule is C=CCCC(NC(=O)c1cc(S(C)(=O)=O)ccc1C)C(=O)O. The molecular weight excluding hydrogens is 306 g/mol. The number of aryl methyl sites for hydroxylation is 1. The Morgan fingerprint density at radius 1 is 1.41 bits per heavy atom. The number of carbonyl (C=O) groups is 2. The lowest BCUT2D eigenvalue weighted by Crippen LogP contribution is -2.41. The molecule has 0 fully saturated rings. The highest BCUT2D eigenvalue weighted by Gasteiger charge is 2.21. The third-order valence-corrected chi connectivity index (χ3v) is 4.25. The zero-order valence-electron chi connectivity index (χ0n) is 12.5. The van der Waals surface area contributed by atoms with E-state index in [1.165, 1.54) is 18.2 Å². The van der Waals surface area contributed by atoms with Crippen LogP contribution in [0.4, 0.5) is 0 Å². The number of sulfone groups is 1. The summed E-state index contributed by atoms with van der Waals surface area (Å²) in [6.45, 7) is 5.16. The van der Waals surface area contributed by atoms with Crippen LogP contribution in [0.1, 0.15) is 28.8 Å². The molecule has 0 bridgehead atoms. The molecule has 0 saturated heterocycles. The maximum atomic E-state index is 12.2. The maximum absolute atomic E-state index is 12.2. The first-order valence-corrected chi connectivity index (χ1v) is 8.51. The summed E-state index contributed by atoms with van der Waals surface area (Å²) in [5.74, 6) is -1.76. The number of aliphatic carboxylic acids is 1. The van der Waals surface area contributed by atoms with E-state index in [0.717, 1.165) is 6.26 Å². The van der Waals surface area contributed by atoms with Crippen molar-refractivity contribution in [3.8, 4) is 0 Å². The summed E-state index contributed by atoms with van der Waals surface area (Å²) < 4.78 is 23.1. The fraction of sp³-hybridized carbons (Fsp3) is 0.333. The molecular formula is C15H19NO5S. The number of carboxylic acid groups (broad SMARTS) is 1. The van der Waals surface area contributed by atoms with Gasteiger partial charge in [0.05, 0.1) is 4.90 Å². The number of rotatable bonds is 7. The minimum Gasteiger partial charge on any atom is -0.480 e. The fourth-order valence-corrected chi connectivity index (χ4v) is 2.50. The standard InChI is InChI=1S/C15H19NO5S/c1-4-5-6-13(15(18)19)16-14(17)12-9-11(22(3,20)21)8-7-10(12)2/h4,7-9,13H,1,5-6H2,2-3H3,(H,16,17)(H,18,19). The second-order valence-electron chi connectivity index (χ2n) is 4.98. The molecule has 7 heteroatoms. The lowest BCUT2D eigenvalue weighted by atomic mass is 10.1. The van der Waals surface area contributed by atoms with Gasteiger partial charge in [-0.15, -0.1) is 6.58 Å². The van der Waals surface area contributed by atoms with Crippen molar-refractivity contribution in [1.82, 2.24) is 5.32 Å². The van der Waals surface area contributed by atoms with Gasteiger partial charge in [-0.2, -0.15) is 0 Å². The van der Waals surface area contributed by atoms with E-state index in [-0.39, 0.29) is 16.9 Å². The van der Waals surface area contributed by atoms with Gasteiger partial charge in [0.25, 0.3) is 5.91 Å². The number of carboxylic acids is 1. The molecule has 1 rings (SSSR count). The first-order valence-electron chi connectivity index (χ1n) is 6.62. The Kier molecular flexibility index (Phi) is 5.87. The van der Waals surface area contributed by atoms with Crippen LogP contribution in [0.15, 0.2) is 35.7 Å². The monoisotopic (exact) mass is 325 g/mol. The molecule has 0 aliphatic heterocycles. The number of hydrogen-bond acceptors (Lipinski definition) is 4. The van der Waals surface area contributed by atoms with Gasteiger partial charge in [-0.25, -0.2) is 13.2 Å². The Morgan fingerprint density at radius 2 is 2.05 bits per heavy atom. The lowest BCUT2D eigenvalue weighted by molar-refractivity contribution is -0.139. The highest BCUT2D eigenvalue weighted by molar-refractivity contribution is 7.90. The minimum atomic E-state index is -3.44. The van der Waals surface area contributed by atoms with Gasteiger partial charge in [0.2, 0.25) is 0 Å². The maximum Gasteiger partial charge on any atom is 0.326 e. The number of hydrogen-bond donors (Lipinski definition) is 2. The van der Waals surface area contributed by atoms with E-state index in [0.29, 0.717) is 12.0 Å². The van der Waals surface area contributed by atoms with Crippen LogP contribution < -0.4 is 5.32 Å². The molecule has 22 heavy (non-hydrogen) atoms. The summed E-state index contributed by atoms with van der Waals surface area (Å²) >= 11 is 0. The summed E-state index contributed by atoms with van der Waals surface area (Å²) in [6, 6.07) is 3.14. The molecule has 1 aromatic carbocycles. The van der Waals surface area contributed by atoms with E-state index in [1.54, 1.807) is 13.0 Å². The number of amides is 1. The van der Waals surface area contributed by atoms with E-state index >= 15 is 0 Å². The Morgan fingerprint density at radius 3 is 2.55 bits per heavy atom. The molecule has 0 heterocycles. The van der Waals surface area contributed by atoms with Crippen molar-refractivity contribution in [2.45, 2.75) is 30.7 Å². The molecule has 2 N–H and O–H groups in total. The highest BCUT2D eigenvalue weighted by Crippen LogP contribution is 2.16. The largest absolute Gasteiger partial charge is 0.480 e. The van der Waals surface area contributed by atoms with Crippen LogP contribution in [0.3, 0.4) is 0 Å². The lowest BCUT2D eigenvalue weighted by Gasteiger charge is -2.15. The summed E-state index contributed by atoms with van der Waals surface area (Å²) in [6.07, 6.45) is 3.27. The van der Waals surface area contributed by atoms with Crippen molar-refractivity contribution in [2.75, 3.05) is 6.26 Å². The molecule has 1 unspecified atom stereocenters. The average molecular weight is 325 g/mol. The second-order valence-corrected chi connectivity index (χ2v) is 6.99. The van der Waals surface area contributed by atoms with Crippen LogP contribution in [-0.2, 0) is 14.6 Å². The predicted molar refractivity (Wildman–Crippen MR) is 82.6 cm³/mol. The van der Waals surface area contributed by atoms with Gasteiger partial charge in [0.1, 0.15) is 6.04 Å². The normalized spacial score (nSPS) is 12.5. The van der Waals surface area contributed by atoms with Crippen molar-refractivity contribution in [1.29, 1.82) is 0 Å². The number of allylic oxidation sites excluding steroid dienone is 1. The zero-order valence-corrected chi connectivity index (χ0v) is 13.3. The van der Waals surface area contributed by atoms with Crippen LogP contribution in [0.25, 0.3) is 0 Å². The Balaban J connectivity index is 3.06. The van der Waals surface area contributed by atoms with Gasteiger partial charge in [-0.1, -0.05) is 12.1 Å². The number of carbonyl (C=O) groups excluding carboxylic acids is 1. The van der Waals surface area contributed by atoms with Gasteiger partial charge in [0, 0.05) is 11.8 Å². The third kappa shape index (κ3) is 4.70. The first-order chi connectivity index (χ1) is 10.2. The van der Waals surface area contributed by atoms with Crippen molar-refractivity contribution in [3.63, 3.8) is 0 Å². The first kappa shape index (κ1) is 17.9. The van der Waals surface area contributed by atoms with Gasteiger partial charge in [-0.3, -0.25) is 4.79 Å². The molecule has 0 aromatic heterocycles.